The summed E-state index contributed by atoms with van der Waals surface area (Å²) in [7, 11) is 0. The number of aromatic nitrogens is 1. The number of hydrogen-bond acceptors (Lipinski definition) is 3. The number of aliphatic hydroxyl groups excluding tert-OH is 1. The van der Waals surface area contributed by atoms with Crippen LogP contribution in [0.25, 0.3) is 0 Å². The number of alkyl halides is 2. The van der Waals surface area contributed by atoms with Crippen LogP contribution in [0, 0.1) is 0 Å². The van der Waals surface area contributed by atoms with Gasteiger partial charge in [-0.25, -0.2) is 8.78 Å². The highest BCUT2D eigenvalue weighted by Gasteiger charge is 2.16. The van der Waals surface area contributed by atoms with Gasteiger partial charge in [-0.3, -0.25) is 4.79 Å². The highest BCUT2D eigenvalue weighted by Crippen LogP contribution is 2.18. The molecule has 0 saturated heterocycles. The van der Waals surface area contributed by atoms with Crippen molar-refractivity contribution in [3.8, 4) is 0 Å². The summed E-state index contributed by atoms with van der Waals surface area (Å²) in [5.74, 6) is 0. The van der Waals surface area contributed by atoms with Crippen LogP contribution in [0.1, 0.15) is 23.2 Å². The number of hydrogen-bond donors (Lipinski definition) is 3. The minimum atomic E-state index is -2.77. The Hall–Kier alpha value is -1.27. The molecular weight excluding hydrogens is 194 g/mol. The lowest BCUT2D eigenvalue weighted by Gasteiger charge is -2.07. The van der Waals surface area contributed by atoms with E-state index in [1.807, 2.05) is 0 Å². The molecule has 0 aromatic carbocycles. The van der Waals surface area contributed by atoms with Gasteiger partial charge in [0.15, 0.2) is 5.43 Å². The molecule has 4 nitrogen and oxygen atoms in total. The maximum absolute atomic E-state index is 12.3. The third-order valence-electron chi connectivity index (χ3n) is 1.89. The monoisotopic (exact) mass is 204 g/mol. The molecule has 0 radical (unpaired) electrons. The molecule has 6 heteroatoms. The molecule has 14 heavy (non-hydrogen) atoms. The standard InChI is InChI=1S/C8H10F2N2O2/c9-8(10)6-5(1-11)7(14)4(3-13)2-12-6/h2,8,13H,1,3,11H2,(H,12,14). The Morgan fingerprint density at radius 2 is 2.21 bits per heavy atom. The first-order valence-electron chi connectivity index (χ1n) is 3.94. The normalized spacial score (nSPS) is 10.9. The number of aromatic amines is 1. The minimum absolute atomic E-state index is 0.0369. The first kappa shape index (κ1) is 10.8. The summed E-state index contributed by atoms with van der Waals surface area (Å²) in [4.78, 5) is 13.6. The fraction of sp³-hybridized carbons (Fsp3) is 0.375. The molecule has 1 aromatic heterocycles. The van der Waals surface area contributed by atoms with Gasteiger partial charge in [-0.05, 0) is 0 Å². The summed E-state index contributed by atoms with van der Waals surface area (Å²) in [6.07, 6.45) is -1.70. The molecule has 0 spiro atoms. The second-order valence-corrected chi connectivity index (χ2v) is 2.70. The van der Waals surface area contributed by atoms with Gasteiger partial charge in [0.1, 0.15) is 0 Å². The van der Waals surface area contributed by atoms with Crippen molar-refractivity contribution >= 4 is 0 Å². The van der Waals surface area contributed by atoms with Crippen molar-refractivity contribution in [1.29, 1.82) is 0 Å². The molecule has 0 aliphatic heterocycles. The Morgan fingerprint density at radius 1 is 1.57 bits per heavy atom. The van der Waals surface area contributed by atoms with Crippen LogP contribution in [0.15, 0.2) is 11.0 Å². The molecule has 1 heterocycles. The molecule has 0 aliphatic rings. The lowest BCUT2D eigenvalue weighted by Crippen LogP contribution is -2.21. The first-order chi connectivity index (χ1) is 6.61. The zero-order valence-corrected chi connectivity index (χ0v) is 7.26. The Bertz CT molecular complexity index is 376. The van der Waals surface area contributed by atoms with E-state index in [4.69, 9.17) is 10.8 Å². The van der Waals surface area contributed by atoms with E-state index in [0.717, 1.165) is 6.20 Å². The van der Waals surface area contributed by atoms with Gasteiger partial charge in [-0.2, -0.15) is 0 Å². The van der Waals surface area contributed by atoms with E-state index < -0.39 is 24.2 Å². The van der Waals surface area contributed by atoms with E-state index in [1.54, 1.807) is 0 Å². The van der Waals surface area contributed by atoms with Gasteiger partial charge < -0.3 is 15.8 Å². The highest BCUT2D eigenvalue weighted by atomic mass is 19.3. The number of rotatable bonds is 3. The summed E-state index contributed by atoms with van der Waals surface area (Å²) in [5.41, 5.74) is 3.94. The third kappa shape index (κ3) is 1.80. The summed E-state index contributed by atoms with van der Waals surface area (Å²) in [5, 5.41) is 8.72. The van der Waals surface area contributed by atoms with E-state index in [1.165, 1.54) is 0 Å². The number of nitrogens with two attached hydrogens (primary N) is 1. The van der Waals surface area contributed by atoms with Crippen molar-refractivity contribution in [2.24, 2.45) is 5.73 Å². The fourth-order valence-electron chi connectivity index (χ4n) is 1.15. The lowest BCUT2D eigenvalue weighted by molar-refractivity contribution is 0.144. The van der Waals surface area contributed by atoms with Crippen molar-refractivity contribution in [3.63, 3.8) is 0 Å². The van der Waals surface area contributed by atoms with Gasteiger partial charge in [-0.15, -0.1) is 0 Å². The molecule has 1 rings (SSSR count). The second kappa shape index (κ2) is 4.30. The van der Waals surface area contributed by atoms with E-state index in [0.29, 0.717) is 0 Å². The van der Waals surface area contributed by atoms with E-state index >= 15 is 0 Å². The van der Waals surface area contributed by atoms with Crippen LogP contribution in [0.2, 0.25) is 0 Å². The largest absolute Gasteiger partial charge is 0.391 e. The van der Waals surface area contributed by atoms with Gasteiger partial charge in [0.05, 0.1) is 12.3 Å². The van der Waals surface area contributed by atoms with Gasteiger partial charge in [-0.1, -0.05) is 0 Å². The molecule has 0 amide bonds. The van der Waals surface area contributed by atoms with Crippen molar-refractivity contribution in [2.45, 2.75) is 19.6 Å². The Kier molecular flexibility index (Phi) is 3.32. The highest BCUT2D eigenvalue weighted by molar-refractivity contribution is 5.26. The number of H-pyrrole nitrogens is 1. The van der Waals surface area contributed by atoms with Gasteiger partial charge >= 0.3 is 0 Å². The maximum Gasteiger partial charge on any atom is 0.278 e. The topological polar surface area (TPSA) is 79.1 Å². The van der Waals surface area contributed by atoms with Crippen molar-refractivity contribution in [1.82, 2.24) is 4.98 Å². The summed E-state index contributed by atoms with van der Waals surface area (Å²) >= 11 is 0. The molecule has 0 bridgehead atoms. The van der Waals surface area contributed by atoms with Crippen LogP contribution >= 0.6 is 0 Å². The van der Waals surface area contributed by atoms with Crippen LogP contribution in [0.5, 0.6) is 0 Å². The number of pyridine rings is 1. The molecule has 78 valence electrons. The zero-order valence-electron chi connectivity index (χ0n) is 7.26. The second-order valence-electron chi connectivity index (χ2n) is 2.70. The van der Waals surface area contributed by atoms with Crippen molar-refractivity contribution in [3.05, 3.63) is 33.2 Å². The number of halogens is 2. The van der Waals surface area contributed by atoms with E-state index in [9.17, 15) is 13.6 Å². The van der Waals surface area contributed by atoms with E-state index in [2.05, 4.69) is 4.98 Å². The quantitative estimate of drug-likeness (QED) is 0.660. The predicted molar refractivity (Wildman–Crippen MR) is 45.8 cm³/mol. The fourth-order valence-corrected chi connectivity index (χ4v) is 1.15. The average Bonchev–Trinajstić information content (AvgIpc) is 2.17. The predicted octanol–water partition coefficient (Wildman–Crippen LogP) is 0.264. The van der Waals surface area contributed by atoms with Crippen LogP contribution in [-0.2, 0) is 13.2 Å². The molecule has 0 unspecified atom stereocenters. The SMILES string of the molecule is NCc1c(C(F)F)[nH]cc(CO)c1=O. The maximum atomic E-state index is 12.3. The number of nitrogens with one attached hydrogen (secondary N) is 1. The van der Waals surface area contributed by atoms with Gasteiger partial charge in [0, 0.05) is 23.9 Å². The molecule has 0 fully saturated rings. The Balaban J connectivity index is 3.36. The minimum Gasteiger partial charge on any atom is -0.391 e. The van der Waals surface area contributed by atoms with Crippen molar-refractivity contribution < 1.29 is 13.9 Å². The van der Waals surface area contributed by atoms with E-state index in [-0.39, 0.29) is 17.7 Å². The summed E-state index contributed by atoms with van der Waals surface area (Å²) in [6.45, 7) is -0.769. The number of aliphatic hydroxyl groups is 1. The van der Waals surface area contributed by atoms with Crippen molar-refractivity contribution in [2.75, 3.05) is 0 Å². The Morgan fingerprint density at radius 3 is 2.64 bits per heavy atom. The van der Waals surface area contributed by atoms with Crippen LogP contribution in [0.4, 0.5) is 8.78 Å². The lowest BCUT2D eigenvalue weighted by atomic mass is 10.1. The van der Waals surface area contributed by atoms with Crippen LogP contribution < -0.4 is 11.2 Å². The smallest absolute Gasteiger partial charge is 0.278 e. The molecular formula is C8H10F2N2O2. The molecule has 0 saturated carbocycles. The molecule has 4 N–H and O–H groups in total. The molecule has 1 aromatic rings. The first-order valence-corrected chi connectivity index (χ1v) is 3.94. The van der Waals surface area contributed by atoms with Gasteiger partial charge in [0.2, 0.25) is 0 Å². The zero-order chi connectivity index (χ0) is 10.7. The molecule has 0 atom stereocenters. The van der Waals surface area contributed by atoms with Crippen LogP contribution in [-0.4, -0.2) is 10.1 Å². The average molecular weight is 204 g/mol. The summed E-state index contributed by atoms with van der Waals surface area (Å²) in [6, 6.07) is 0. The van der Waals surface area contributed by atoms with Gasteiger partial charge in [0.25, 0.3) is 6.43 Å². The third-order valence-corrected chi connectivity index (χ3v) is 1.89. The van der Waals surface area contributed by atoms with Crippen LogP contribution in [0.3, 0.4) is 0 Å². The molecule has 0 aliphatic carbocycles. The summed E-state index contributed by atoms with van der Waals surface area (Å²) < 4.78 is 24.7. The Labute approximate surface area is 78.4 Å².